The molecular weight excluding hydrogens is 238 g/mol. The van der Waals surface area contributed by atoms with Crippen molar-refractivity contribution in [3.63, 3.8) is 0 Å². The van der Waals surface area contributed by atoms with Crippen LogP contribution in [0, 0.1) is 5.41 Å². The van der Waals surface area contributed by atoms with E-state index in [0.29, 0.717) is 17.7 Å². The first-order chi connectivity index (χ1) is 9.13. The van der Waals surface area contributed by atoms with Crippen molar-refractivity contribution in [3.8, 4) is 0 Å². The van der Waals surface area contributed by atoms with E-state index in [1.807, 2.05) is 35.2 Å². The smallest absolute Gasteiger partial charge is 0.183 e. The number of ketones is 2. The van der Waals surface area contributed by atoms with Gasteiger partial charge in [0.15, 0.2) is 35.9 Å². The molecule has 94 valence electrons. The number of hydrogen-bond acceptors (Lipinski definition) is 2. The van der Waals surface area contributed by atoms with Gasteiger partial charge in [0.25, 0.3) is 0 Å². The fourth-order valence-corrected chi connectivity index (χ4v) is 2.63. The van der Waals surface area contributed by atoms with E-state index < -0.39 is 5.41 Å². The van der Waals surface area contributed by atoms with Crippen molar-refractivity contribution in [1.29, 1.82) is 0 Å². The molecule has 0 aliphatic heterocycles. The summed E-state index contributed by atoms with van der Waals surface area (Å²) in [6, 6.07) is 12.7. The Morgan fingerprint density at radius 1 is 0.895 bits per heavy atom. The van der Waals surface area contributed by atoms with Crippen LogP contribution in [0.2, 0.25) is 0 Å². The monoisotopic (exact) mass is 252 g/mol. The molecule has 0 fully saturated rings. The summed E-state index contributed by atoms with van der Waals surface area (Å²) >= 11 is 0. The Hall–Kier alpha value is -2.29. The van der Waals surface area contributed by atoms with Crippen LogP contribution >= 0.6 is 0 Å². The Bertz CT molecular complexity index is 626. The maximum atomic E-state index is 12.5. The molecular formula is C16H14NO2+. The minimum Gasteiger partial charge on any atom is -0.293 e. The van der Waals surface area contributed by atoms with Crippen molar-refractivity contribution >= 4 is 11.6 Å². The van der Waals surface area contributed by atoms with E-state index in [-0.39, 0.29) is 11.6 Å². The van der Waals surface area contributed by atoms with Gasteiger partial charge >= 0.3 is 0 Å². The maximum absolute atomic E-state index is 12.5. The van der Waals surface area contributed by atoms with Gasteiger partial charge in [-0.2, -0.15) is 0 Å². The summed E-state index contributed by atoms with van der Waals surface area (Å²) in [4.78, 5) is 25.0. The summed E-state index contributed by atoms with van der Waals surface area (Å²) in [6.07, 6.45) is 3.74. The molecule has 0 radical (unpaired) electrons. The lowest BCUT2D eigenvalue weighted by Gasteiger charge is -2.16. The molecule has 0 bridgehead atoms. The normalized spacial score (nSPS) is 16.5. The van der Waals surface area contributed by atoms with Gasteiger partial charge in [-0.1, -0.05) is 30.3 Å². The minimum absolute atomic E-state index is 0.0792. The van der Waals surface area contributed by atoms with Gasteiger partial charge in [0.1, 0.15) is 0 Å². The van der Waals surface area contributed by atoms with Crippen LogP contribution in [0.15, 0.2) is 54.9 Å². The number of rotatable bonds is 2. The van der Waals surface area contributed by atoms with Crippen LogP contribution in [0.25, 0.3) is 0 Å². The third-order valence-corrected chi connectivity index (χ3v) is 3.69. The van der Waals surface area contributed by atoms with Crippen molar-refractivity contribution in [3.05, 3.63) is 66.0 Å². The highest BCUT2D eigenvalue weighted by Crippen LogP contribution is 2.36. The van der Waals surface area contributed by atoms with Crippen LogP contribution in [0.5, 0.6) is 0 Å². The molecule has 0 unspecified atom stereocenters. The lowest BCUT2D eigenvalue weighted by atomic mass is 9.85. The standard InChI is InChI=1S/C16H14NO2/c1-16(11-17-9-5-2-6-10-17)14(18)12-7-3-4-8-13(12)15(16)19/h2-10H,11H2,1H3/q+1. The second-order valence-electron chi connectivity index (χ2n) is 5.08. The first-order valence-corrected chi connectivity index (χ1v) is 6.26. The van der Waals surface area contributed by atoms with Crippen molar-refractivity contribution in [2.75, 3.05) is 0 Å². The van der Waals surface area contributed by atoms with Gasteiger partial charge in [-0.25, -0.2) is 4.57 Å². The maximum Gasteiger partial charge on any atom is 0.183 e. The molecule has 3 rings (SSSR count). The van der Waals surface area contributed by atoms with Crippen molar-refractivity contribution in [2.45, 2.75) is 13.5 Å². The Balaban J connectivity index is 2.03. The predicted octanol–water partition coefficient (Wildman–Crippen LogP) is 2.06. The van der Waals surface area contributed by atoms with Crippen molar-refractivity contribution in [1.82, 2.24) is 0 Å². The number of nitrogens with zero attached hydrogens (tertiary/aromatic N) is 1. The Morgan fingerprint density at radius 2 is 1.42 bits per heavy atom. The highest BCUT2D eigenvalue weighted by Gasteiger charge is 2.51. The third kappa shape index (κ3) is 1.70. The Labute approximate surface area is 111 Å². The zero-order chi connectivity index (χ0) is 13.5. The molecule has 1 heterocycles. The van der Waals surface area contributed by atoms with Crippen LogP contribution in [-0.4, -0.2) is 11.6 Å². The van der Waals surface area contributed by atoms with E-state index in [2.05, 4.69) is 0 Å². The Morgan fingerprint density at radius 3 is 1.95 bits per heavy atom. The molecule has 3 heteroatoms. The van der Waals surface area contributed by atoms with Crippen LogP contribution in [-0.2, 0) is 6.54 Å². The highest BCUT2D eigenvalue weighted by atomic mass is 16.2. The van der Waals surface area contributed by atoms with Gasteiger partial charge in [-0.05, 0) is 6.92 Å². The fourth-order valence-electron chi connectivity index (χ4n) is 2.63. The molecule has 0 saturated heterocycles. The summed E-state index contributed by atoms with van der Waals surface area (Å²) in [5.74, 6) is -0.158. The summed E-state index contributed by atoms with van der Waals surface area (Å²) < 4.78 is 1.88. The quantitative estimate of drug-likeness (QED) is 0.606. The number of benzene rings is 1. The zero-order valence-corrected chi connectivity index (χ0v) is 10.7. The average Bonchev–Trinajstić information content (AvgIpc) is 2.63. The molecule has 3 nitrogen and oxygen atoms in total. The number of aromatic nitrogens is 1. The molecule has 1 aromatic carbocycles. The second kappa shape index (κ2) is 4.12. The average molecular weight is 252 g/mol. The number of carbonyl (C=O) groups is 2. The molecule has 0 atom stereocenters. The van der Waals surface area contributed by atoms with Gasteiger partial charge in [0.05, 0.1) is 0 Å². The summed E-state index contributed by atoms with van der Waals surface area (Å²) in [5.41, 5.74) is 0.105. The molecule has 19 heavy (non-hydrogen) atoms. The van der Waals surface area contributed by atoms with Crippen molar-refractivity contribution < 1.29 is 14.2 Å². The number of fused-ring (bicyclic) bond motifs is 1. The number of carbonyl (C=O) groups excluding carboxylic acids is 2. The summed E-state index contributed by atoms with van der Waals surface area (Å²) in [7, 11) is 0. The van der Waals surface area contributed by atoms with Gasteiger partial charge in [-0.15, -0.1) is 0 Å². The molecule has 1 aromatic heterocycles. The molecule has 0 N–H and O–H groups in total. The van der Waals surface area contributed by atoms with E-state index in [9.17, 15) is 9.59 Å². The lowest BCUT2D eigenvalue weighted by molar-refractivity contribution is -0.703. The van der Waals surface area contributed by atoms with E-state index in [0.717, 1.165) is 0 Å². The van der Waals surface area contributed by atoms with Gasteiger partial charge < -0.3 is 0 Å². The topological polar surface area (TPSA) is 38.0 Å². The van der Waals surface area contributed by atoms with Crippen LogP contribution < -0.4 is 4.57 Å². The molecule has 1 aliphatic carbocycles. The first-order valence-electron chi connectivity index (χ1n) is 6.26. The largest absolute Gasteiger partial charge is 0.293 e. The minimum atomic E-state index is -0.990. The number of hydrogen-bond donors (Lipinski definition) is 0. The highest BCUT2D eigenvalue weighted by molar-refractivity contribution is 6.29. The van der Waals surface area contributed by atoms with E-state index >= 15 is 0 Å². The van der Waals surface area contributed by atoms with E-state index in [4.69, 9.17) is 0 Å². The lowest BCUT2D eigenvalue weighted by Crippen LogP contribution is -2.47. The van der Waals surface area contributed by atoms with Gasteiger partial charge in [0.2, 0.25) is 0 Å². The molecule has 1 aliphatic rings. The zero-order valence-electron chi connectivity index (χ0n) is 10.7. The molecule has 0 saturated carbocycles. The summed E-state index contributed by atoms with van der Waals surface area (Å²) in [5, 5.41) is 0. The molecule has 2 aromatic rings. The predicted molar refractivity (Wildman–Crippen MR) is 69.8 cm³/mol. The van der Waals surface area contributed by atoms with Crippen LogP contribution in [0.3, 0.4) is 0 Å². The molecule has 0 spiro atoms. The first kappa shape index (κ1) is 11.8. The fraction of sp³-hybridized carbons (Fsp3) is 0.188. The van der Waals surface area contributed by atoms with Crippen molar-refractivity contribution in [2.24, 2.45) is 5.41 Å². The third-order valence-electron chi connectivity index (χ3n) is 3.69. The Kier molecular flexibility index (Phi) is 2.56. The number of pyridine rings is 1. The van der Waals surface area contributed by atoms with E-state index in [1.54, 1.807) is 31.2 Å². The second-order valence-corrected chi connectivity index (χ2v) is 5.08. The number of Topliss-reactive ketones (excluding diaryl/α,β-unsaturated/α-hetero) is 2. The molecule has 0 amide bonds. The summed E-state index contributed by atoms with van der Waals surface area (Å²) in [6.45, 7) is 2.11. The van der Waals surface area contributed by atoms with Crippen LogP contribution in [0.1, 0.15) is 27.6 Å². The van der Waals surface area contributed by atoms with E-state index in [1.165, 1.54) is 0 Å². The van der Waals surface area contributed by atoms with Gasteiger partial charge in [-0.3, -0.25) is 9.59 Å². The SMILES string of the molecule is CC1(C[n+]2ccccc2)C(=O)c2ccccc2C1=O. The van der Waals surface area contributed by atoms with Gasteiger partial charge in [0, 0.05) is 23.3 Å². The van der Waals surface area contributed by atoms with Crippen LogP contribution in [0.4, 0.5) is 0 Å².